The number of hydrogen-bond donors (Lipinski definition) is 1. The monoisotopic (exact) mass is 285 g/mol. The Kier molecular flexibility index (Phi) is 8.58. The van der Waals surface area contributed by atoms with E-state index in [2.05, 4.69) is 23.6 Å². The van der Waals surface area contributed by atoms with Crippen LogP contribution in [0.15, 0.2) is 0 Å². The van der Waals surface area contributed by atoms with Crippen molar-refractivity contribution >= 4 is 17.2 Å². The van der Waals surface area contributed by atoms with Gasteiger partial charge in [0.1, 0.15) is 0 Å². The van der Waals surface area contributed by atoms with Gasteiger partial charge in [-0.15, -0.1) is 0 Å². The molecule has 0 amide bonds. The Balaban J connectivity index is 2.25. The van der Waals surface area contributed by atoms with E-state index in [0.717, 1.165) is 25.9 Å². The first-order valence-corrected chi connectivity index (χ1v) is 8.35. The lowest BCUT2D eigenvalue weighted by atomic mass is 10.1. The van der Waals surface area contributed by atoms with Gasteiger partial charge in [0.25, 0.3) is 0 Å². The number of thiocarbonyl (C=S) groups is 1. The highest BCUT2D eigenvalue weighted by molar-refractivity contribution is 7.80. The van der Waals surface area contributed by atoms with Crippen LogP contribution in [0.5, 0.6) is 0 Å². The van der Waals surface area contributed by atoms with Crippen LogP contribution in [0, 0.1) is 0 Å². The summed E-state index contributed by atoms with van der Waals surface area (Å²) in [6, 6.07) is 0.322. The molecule has 1 saturated heterocycles. The van der Waals surface area contributed by atoms with Gasteiger partial charge in [0.2, 0.25) is 0 Å². The van der Waals surface area contributed by atoms with Gasteiger partial charge in [-0.1, -0.05) is 51.7 Å². The van der Waals surface area contributed by atoms with E-state index in [9.17, 15) is 0 Å². The van der Waals surface area contributed by atoms with Gasteiger partial charge in [-0.2, -0.15) is 0 Å². The van der Waals surface area contributed by atoms with Crippen molar-refractivity contribution in [2.75, 3.05) is 32.7 Å². The quantitative estimate of drug-likeness (QED) is 0.521. The first kappa shape index (κ1) is 16.9. The molecule has 1 rings (SSSR count). The summed E-state index contributed by atoms with van der Waals surface area (Å²) >= 11 is 5.21. The summed E-state index contributed by atoms with van der Waals surface area (Å²) in [6.45, 7) is 10.3. The average Bonchev–Trinajstić information content (AvgIpc) is 2.41. The van der Waals surface area contributed by atoms with Crippen molar-refractivity contribution in [3.63, 3.8) is 0 Å². The highest BCUT2D eigenvalue weighted by Crippen LogP contribution is 2.12. The van der Waals surface area contributed by atoms with E-state index in [1.165, 1.54) is 45.3 Å². The van der Waals surface area contributed by atoms with Gasteiger partial charge in [-0.25, -0.2) is 0 Å². The second kappa shape index (κ2) is 9.67. The molecule has 0 aromatic heterocycles. The van der Waals surface area contributed by atoms with Crippen LogP contribution < -0.4 is 5.73 Å². The van der Waals surface area contributed by atoms with E-state index in [1.54, 1.807) is 0 Å². The molecule has 0 aliphatic carbocycles. The van der Waals surface area contributed by atoms with Gasteiger partial charge < -0.3 is 10.6 Å². The fraction of sp³-hybridized carbons (Fsp3) is 0.933. The minimum atomic E-state index is 0.322. The zero-order valence-corrected chi connectivity index (χ0v) is 13.6. The van der Waals surface area contributed by atoms with E-state index >= 15 is 0 Å². The molecule has 1 unspecified atom stereocenters. The number of piperazine rings is 1. The first-order valence-electron chi connectivity index (χ1n) is 7.94. The molecule has 2 N–H and O–H groups in total. The van der Waals surface area contributed by atoms with Crippen LogP contribution in [-0.2, 0) is 0 Å². The third kappa shape index (κ3) is 6.19. The first-order chi connectivity index (χ1) is 9.19. The van der Waals surface area contributed by atoms with Crippen molar-refractivity contribution in [1.29, 1.82) is 0 Å². The molecule has 0 aromatic rings. The number of hydrogen-bond acceptors (Lipinski definition) is 3. The SMILES string of the molecule is CCCCCCN1CCN(C(CCC)C(N)=S)CC1. The molecular formula is C15H31N3S. The van der Waals surface area contributed by atoms with Crippen molar-refractivity contribution in [3.05, 3.63) is 0 Å². The predicted molar refractivity (Wildman–Crippen MR) is 87.6 cm³/mol. The van der Waals surface area contributed by atoms with Crippen LogP contribution >= 0.6 is 12.2 Å². The third-order valence-electron chi connectivity index (χ3n) is 4.07. The van der Waals surface area contributed by atoms with Gasteiger partial charge in [0.05, 0.1) is 11.0 Å². The average molecular weight is 286 g/mol. The molecule has 1 atom stereocenters. The molecule has 19 heavy (non-hydrogen) atoms. The lowest BCUT2D eigenvalue weighted by molar-refractivity contribution is 0.113. The molecule has 0 aromatic carbocycles. The second-order valence-corrected chi connectivity index (χ2v) is 6.12. The third-order valence-corrected chi connectivity index (χ3v) is 4.34. The fourth-order valence-electron chi connectivity index (χ4n) is 2.84. The summed E-state index contributed by atoms with van der Waals surface area (Å²) in [5.41, 5.74) is 5.88. The lowest BCUT2D eigenvalue weighted by Crippen LogP contribution is -2.53. The minimum absolute atomic E-state index is 0.322. The van der Waals surface area contributed by atoms with E-state index < -0.39 is 0 Å². The molecule has 1 aliphatic heterocycles. The Hall–Kier alpha value is -0.190. The molecule has 112 valence electrons. The van der Waals surface area contributed by atoms with Crippen molar-refractivity contribution in [2.24, 2.45) is 5.73 Å². The van der Waals surface area contributed by atoms with Crippen molar-refractivity contribution in [1.82, 2.24) is 9.80 Å². The maximum atomic E-state index is 5.88. The largest absolute Gasteiger partial charge is 0.392 e. The fourth-order valence-corrected chi connectivity index (χ4v) is 3.11. The number of nitrogens with two attached hydrogens (primary N) is 1. The van der Waals surface area contributed by atoms with E-state index in [1.807, 2.05) is 0 Å². The molecule has 4 heteroatoms. The zero-order valence-electron chi connectivity index (χ0n) is 12.7. The molecule has 1 heterocycles. The Labute approximate surface area is 124 Å². The lowest BCUT2D eigenvalue weighted by Gasteiger charge is -2.39. The summed E-state index contributed by atoms with van der Waals surface area (Å²) in [5.74, 6) is 0. The minimum Gasteiger partial charge on any atom is -0.392 e. The maximum absolute atomic E-state index is 5.88. The highest BCUT2D eigenvalue weighted by atomic mass is 32.1. The van der Waals surface area contributed by atoms with E-state index in [-0.39, 0.29) is 0 Å². The van der Waals surface area contributed by atoms with Gasteiger partial charge in [-0.3, -0.25) is 4.90 Å². The summed E-state index contributed by atoms with van der Waals surface area (Å²) in [4.78, 5) is 5.75. The standard InChI is InChI=1S/C15H31N3S/c1-3-5-6-7-9-17-10-12-18(13-11-17)14(8-4-2)15(16)19/h14H,3-13H2,1-2H3,(H2,16,19). The van der Waals surface area contributed by atoms with Crippen LogP contribution in [0.25, 0.3) is 0 Å². The number of nitrogens with zero attached hydrogens (tertiary/aromatic N) is 2. The smallest absolute Gasteiger partial charge is 0.0902 e. The summed E-state index contributed by atoms with van der Waals surface area (Å²) in [7, 11) is 0. The maximum Gasteiger partial charge on any atom is 0.0902 e. The Morgan fingerprint density at radius 2 is 1.74 bits per heavy atom. The van der Waals surface area contributed by atoms with E-state index in [4.69, 9.17) is 18.0 Å². The number of unbranched alkanes of at least 4 members (excludes halogenated alkanes) is 3. The van der Waals surface area contributed by atoms with Crippen molar-refractivity contribution < 1.29 is 0 Å². The summed E-state index contributed by atoms with van der Waals surface area (Å²) < 4.78 is 0. The Bertz CT molecular complexity index is 250. The number of rotatable bonds is 9. The van der Waals surface area contributed by atoms with E-state index in [0.29, 0.717) is 11.0 Å². The molecule has 3 nitrogen and oxygen atoms in total. The van der Waals surface area contributed by atoms with Crippen LogP contribution in [0.2, 0.25) is 0 Å². The normalized spacial score (nSPS) is 19.5. The van der Waals surface area contributed by atoms with Gasteiger partial charge in [0, 0.05) is 26.2 Å². The highest BCUT2D eigenvalue weighted by Gasteiger charge is 2.24. The molecule has 0 bridgehead atoms. The van der Waals surface area contributed by atoms with Gasteiger partial charge >= 0.3 is 0 Å². The molecular weight excluding hydrogens is 254 g/mol. The molecule has 0 radical (unpaired) electrons. The second-order valence-electron chi connectivity index (χ2n) is 5.65. The Morgan fingerprint density at radius 3 is 2.26 bits per heavy atom. The van der Waals surface area contributed by atoms with Gasteiger partial charge in [-0.05, 0) is 19.4 Å². The molecule has 1 fully saturated rings. The molecule has 1 aliphatic rings. The molecule has 0 spiro atoms. The van der Waals surface area contributed by atoms with Crippen LogP contribution in [-0.4, -0.2) is 53.6 Å². The van der Waals surface area contributed by atoms with Crippen molar-refractivity contribution in [3.8, 4) is 0 Å². The summed E-state index contributed by atoms with van der Waals surface area (Å²) in [5, 5.41) is 0. The summed E-state index contributed by atoms with van der Waals surface area (Å²) in [6.07, 6.45) is 7.68. The molecule has 0 saturated carbocycles. The van der Waals surface area contributed by atoms with Crippen molar-refractivity contribution in [2.45, 2.75) is 58.4 Å². The van der Waals surface area contributed by atoms with Crippen LogP contribution in [0.4, 0.5) is 0 Å². The van der Waals surface area contributed by atoms with Crippen LogP contribution in [0.1, 0.15) is 52.4 Å². The van der Waals surface area contributed by atoms with Gasteiger partial charge in [0.15, 0.2) is 0 Å². The van der Waals surface area contributed by atoms with Crippen LogP contribution in [0.3, 0.4) is 0 Å². The topological polar surface area (TPSA) is 32.5 Å². The Morgan fingerprint density at radius 1 is 1.05 bits per heavy atom. The zero-order chi connectivity index (χ0) is 14.1. The predicted octanol–water partition coefficient (Wildman–Crippen LogP) is 2.64.